The van der Waals surface area contributed by atoms with Crippen LogP contribution in [-0.2, 0) is 9.59 Å². The molecule has 120 valence electrons. The number of benzene rings is 1. The van der Waals surface area contributed by atoms with Crippen molar-refractivity contribution in [1.82, 2.24) is 10.6 Å². The number of carboxylic acid groups (broad SMARTS) is 1. The van der Waals surface area contributed by atoms with E-state index in [4.69, 9.17) is 28.3 Å². The topological polar surface area (TPSA) is 108 Å². The highest BCUT2D eigenvalue weighted by Gasteiger charge is 2.17. The van der Waals surface area contributed by atoms with E-state index in [0.29, 0.717) is 10.7 Å². The number of carbonyl (C=O) groups is 3. The van der Waals surface area contributed by atoms with E-state index in [1.165, 1.54) is 12.1 Å². The molecule has 1 aromatic carbocycles. The SMILES string of the molecule is CCC(NC(=O)CNC(=O)Nc1ccc(Cl)c(Cl)c1)C(=O)O. The van der Waals surface area contributed by atoms with Crippen molar-refractivity contribution in [1.29, 1.82) is 0 Å². The number of aliphatic carboxylic acids is 1. The van der Waals surface area contributed by atoms with Gasteiger partial charge >= 0.3 is 12.0 Å². The minimum atomic E-state index is -1.13. The van der Waals surface area contributed by atoms with Crippen molar-refractivity contribution >= 4 is 46.8 Å². The molecule has 0 saturated carbocycles. The lowest BCUT2D eigenvalue weighted by Gasteiger charge is -2.13. The summed E-state index contributed by atoms with van der Waals surface area (Å²) in [5.41, 5.74) is 0.407. The molecule has 0 saturated heterocycles. The van der Waals surface area contributed by atoms with Crippen LogP contribution >= 0.6 is 23.2 Å². The molecule has 4 N–H and O–H groups in total. The van der Waals surface area contributed by atoms with Gasteiger partial charge in [-0.2, -0.15) is 0 Å². The fraction of sp³-hybridized carbons (Fsp3) is 0.308. The van der Waals surface area contributed by atoms with E-state index < -0.39 is 23.9 Å². The normalized spacial score (nSPS) is 11.4. The Bertz CT molecular complexity index is 580. The van der Waals surface area contributed by atoms with Gasteiger partial charge in [0.1, 0.15) is 6.04 Å². The highest BCUT2D eigenvalue weighted by Crippen LogP contribution is 2.24. The summed E-state index contributed by atoms with van der Waals surface area (Å²) < 4.78 is 0. The number of hydrogen-bond acceptors (Lipinski definition) is 3. The maximum absolute atomic E-state index is 11.6. The molecule has 0 spiro atoms. The maximum atomic E-state index is 11.6. The summed E-state index contributed by atoms with van der Waals surface area (Å²) in [5, 5.41) is 16.5. The molecule has 3 amide bonds. The van der Waals surface area contributed by atoms with Gasteiger partial charge in [-0.05, 0) is 24.6 Å². The highest BCUT2D eigenvalue weighted by molar-refractivity contribution is 6.42. The molecule has 9 heteroatoms. The van der Waals surface area contributed by atoms with Gasteiger partial charge in [0.15, 0.2) is 0 Å². The van der Waals surface area contributed by atoms with Gasteiger partial charge in [0.2, 0.25) is 5.91 Å². The average molecular weight is 348 g/mol. The van der Waals surface area contributed by atoms with Crippen molar-refractivity contribution in [3.05, 3.63) is 28.2 Å². The first-order valence-electron chi connectivity index (χ1n) is 6.35. The fourth-order valence-corrected chi connectivity index (χ4v) is 1.79. The molecule has 0 aromatic heterocycles. The molecule has 0 heterocycles. The maximum Gasteiger partial charge on any atom is 0.326 e. The van der Waals surface area contributed by atoms with Crippen molar-refractivity contribution in [3.63, 3.8) is 0 Å². The molecule has 1 aromatic rings. The van der Waals surface area contributed by atoms with Crippen molar-refractivity contribution in [2.45, 2.75) is 19.4 Å². The minimum absolute atomic E-state index is 0.247. The second kappa shape index (κ2) is 8.45. The number of carboxylic acids is 1. The van der Waals surface area contributed by atoms with Crippen LogP contribution in [0.25, 0.3) is 0 Å². The van der Waals surface area contributed by atoms with E-state index in [0.717, 1.165) is 0 Å². The number of rotatable bonds is 6. The van der Waals surface area contributed by atoms with Crippen LogP contribution in [0.2, 0.25) is 10.0 Å². The zero-order valence-corrected chi connectivity index (χ0v) is 13.2. The molecule has 0 aliphatic carbocycles. The number of anilines is 1. The van der Waals surface area contributed by atoms with E-state index in [2.05, 4.69) is 16.0 Å². The molecule has 7 nitrogen and oxygen atoms in total. The van der Waals surface area contributed by atoms with Crippen LogP contribution in [0.1, 0.15) is 13.3 Å². The first-order chi connectivity index (χ1) is 10.3. The number of halogens is 2. The smallest absolute Gasteiger partial charge is 0.326 e. The Labute approximate surface area is 137 Å². The summed E-state index contributed by atoms with van der Waals surface area (Å²) in [6.07, 6.45) is 0.247. The van der Waals surface area contributed by atoms with Gasteiger partial charge in [-0.25, -0.2) is 9.59 Å². The van der Waals surface area contributed by atoms with Crippen molar-refractivity contribution < 1.29 is 19.5 Å². The second-order valence-corrected chi connectivity index (χ2v) is 5.12. The van der Waals surface area contributed by atoms with E-state index in [1.807, 2.05) is 0 Å². The highest BCUT2D eigenvalue weighted by atomic mass is 35.5. The monoisotopic (exact) mass is 347 g/mol. The molecule has 22 heavy (non-hydrogen) atoms. The number of urea groups is 1. The fourth-order valence-electron chi connectivity index (χ4n) is 1.49. The standard InChI is InChI=1S/C13H15Cl2N3O4/c1-2-10(12(20)21)18-11(19)6-16-13(22)17-7-3-4-8(14)9(15)5-7/h3-5,10H,2,6H2,1H3,(H,18,19)(H,20,21)(H2,16,17,22). The lowest BCUT2D eigenvalue weighted by Crippen LogP contribution is -2.45. The summed E-state index contributed by atoms with van der Waals surface area (Å²) in [4.78, 5) is 33.9. The molecule has 0 fully saturated rings. The van der Waals surface area contributed by atoms with E-state index >= 15 is 0 Å². The molecule has 1 atom stereocenters. The molecule has 1 unspecified atom stereocenters. The lowest BCUT2D eigenvalue weighted by atomic mass is 10.2. The predicted molar refractivity (Wildman–Crippen MR) is 83.3 cm³/mol. The average Bonchev–Trinajstić information content (AvgIpc) is 2.46. The van der Waals surface area contributed by atoms with Crippen LogP contribution in [0.15, 0.2) is 18.2 Å². The molecule has 1 rings (SSSR count). The third-order valence-electron chi connectivity index (χ3n) is 2.63. The summed E-state index contributed by atoms with van der Waals surface area (Å²) in [5.74, 6) is -1.73. The van der Waals surface area contributed by atoms with E-state index in [-0.39, 0.29) is 18.0 Å². The quantitative estimate of drug-likeness (QED) is 0.631. The molecular formula is C13H15Cl2N3O4. The Kier molecular flexibility index (Phi) is 6.94. The number of nitrogens with one attached hydrogen (secondary N) is 3. The number of hydrogen-bond donors (Lipinski definition) is 4. The van der Waals surface area contributed by atoms with Crippen LogP contribution < -0.4 is 16.0 Å². The van der Waals surface area contributed by atoms with E-state index in [9.17, 15) is 14.4 Å². The van der Waals surface area contributed by atoms with Gasteiger partial charge < -0.3 is 21.1 Å². The van der Waals surface area contributed by atoms with Gasteiger partial charge in [0.05, 0.1) is 16.6 Å². The zero-order valence-electron chi connectivity index (χ0n) is 11.7. The van der Waals surface area contributed by atoms with Crippen LogP contribution in [0.3, 0.4) is 0 Å². The van der Waals surface area contributed by atoms with Gasteiger partial charge in [-0.15, -0.1) is 0 Å². The Morgan fingerprint density at radius 2 is 1.91 bits per heavy atom. The Balaban J connectivity index is 2.44. The Hall–Kier alpha value is -1.99. The largest absolute Gasteiger partial charge is 0.480 e. The first-order valence-corrected chi connectivity index (χ1v) is 7.11. The van der Waals surface area contributed by atoms with Gasteiger partial charge in [0.25, 0.3) is 0 Å². The third kappa shape index (κ3) is 5.79. The van der Waals surface area contributed by atoms with Crippen LogP contribution in [0.5, 0.6) is 0 Å². The third-order valence-corrected chi connectivity index (χ3v) is 3.37. The van der Waals surface area contributed by atoms with Crippen molar-refractivity contribution in [2.24, 2.45) is 0 Å². The van der Waals surface area contributed by atoms with Crippen LogP contribution in [0.4, 0.5) is 10.5 Å². The van der Waals surface area contributed by atoms with Crippen molar-refractivity contribution in [3.8, 4) is 0 Å². The minimum Gasteiger partial charge on any atom is -0.480 e. The van der Waals surface area contributed by atoms with Crippen LogP contribution in [0, 0.1) is 0 Å². The molecule has 0 aliphatic heterocycles. The summed E-state index contributed by atoms with van der Waals surface area (Å²) in [6.45, 7) is 1.28. The lowest BCUT2D eigenvalue weighted by molar-refractivity contribution is -0.141. The molecule has 0 aliphatic rings. The summed E-state index contributed by atoms with van der Waals surface area (Å²) in [6, 6.07) is 2.92. The molecule has 0 radical (unpaired) electrons. The van der Waals surface area contributed by atoms with Gasteiger partial charge in [-0.1, -0.05) is 30.1 Å². The molecule has 0 bridgehead atoms. The first kappa shape index (κ1) is 18.1. The predicted octanol–water partition coefficient (Wildman–Crippen LogP) is 2.09. The summed E-state index contributed by atoms with van der Waals surface area (Å²) in [7, 11) is 0. The second-order valence-electron chi connectivity index (χ2n) is 4.30. The molecular weight excluding hydrogens is 333 g/mol. The number of amides is 3. The van der Waals surface area contributed by atoms with Gasteiger partial charge in [-0.3, -0.25) is 4.79 Å². The van der Waals surface area contributed by atoms with Crippen molar-refractivity contribution in [2.75, 3.05) is 11.9 Å². The van der Waals surface area contributed by atoms with Crippen LogP contribution in [-0.4, -0.2) is 35.6 Å². The number of carbonyl (C=O) groups excluding carboxylic acids is 2. The van der Waals surface area contributed by atoms with E-state index in [1.54, 1.807) is 13.0 Å². The Morgan fingerprint density at radius 1 is 1.23 bits per heavy atom. The van der Waals surface area contributed by atoms with Gasteiger partial charge in [0, 0.05) is 5.69 Å². The zero-order chi connectivity index (χ0) is 16.7. The Morgan fingerprint density at radius 3 is 2.45 bits per heavy atom. The summed E-state index contributed by atoms with van der Waals surface area (Å²) >= 11 is 11.6.